The molecule has 0 aliphatic rings. The molecular weight excluding hydrogens is 318 g/mol. The Balaban J connectivity index is 0.000000133. The summed E-state index contributed by atoms with van der Waals surface area (Å²) in [5.74, 6) is 0. The summed E-state index contributed by atoms with van der Waals surface area (Å²) in [4.78, 5) is 18.1. The van der Waals surface area contributed by atoms with E-state index in [-0.39, 0.29) is 5.69 Å². The molecule has 7 heteroatoms. The minimum absolute atomic E-state index is 0.0911. The number of nitrogens with zero attached hydrogens (tertiary/aromatic N) is 3. The van der Waals surface area contributed by atoms with Crippen molar-refractivity contribution in [2.75, 3.05) is 0 Å². The maximum Gasteiger partial charge on any atom is 0.271 e. The van der Waals surface area contributed by atoms with Gasteiger partial charge in [-0.05, 0) is 24.6 Å². The van der Waals surface area contributed by atoms with E-state index < -0.39 is 4.92 Å². The van der Waals surface area contributed by atoms with E-state index in [0.717, 1.165) is 10.2 Å². The van der Waals surface area contributed by atoms with E-state index in [2.05, 4.69) is 35.1 Å². The number of thiazole rings is 2. The minimum Gasteiger partial charge on any atom is -0.258 e. The molecule has 0 bridgehead atoms. The van der Waals surface area contributed by atoms with Gasteiger partial charge in [-0.3, -0.25) is 10.1 Å². The first-order chi connectivity index (χ1) is 10.6. The van der Waals surface area contributed by atoms with Crippen LogP contribution in [-0.4, -0.2) is 14.9 Å². The van der Waals surface area contributed by atoms with E-state index in [1.54, 1.807) is 22.9 Å². The van der Waals surface area contributed by atoms with Gasteiger partial charge in [0.1, 0.15) is 0 Å². The number of fused-ring (bicyclic) bond motifs is 2. The van der Waals surface area contributed by atoms with Gasteiger partial charge < -0.3 is 0 Å². The second-order valence-electron chi connectivity index (χ2n) is 4.54. The van der Waals surface area contributed by atoms with Gasteiger partial charge in [0, 0.05) is 12.1 Å². The molecule has 0 radical (unpaired) electrons. The molecule has 110 valence electrons. The molecule has 22 heavy (non-hydrogen) atoms. The van der Waals surface area contributed by atoms with Gasteiger partial charge in [0.15, 0.2) is 0 Å². The van der Waals surface area contributed by atoms with Gasteiger partial charge >= 0.3 is 0 Å². The summed E-state index contributed by atoms with van der Waals surface area (Å²) in [5.41, 5.74) is 6.75. The Kier molecular flexibility index (Phi) is 4.08. The largest absolute Gasteiger partial charge is 0.271 e. The molecule has 0 fully saturated rings. The molecule has 0 aliphatic heterocycles. The highest BCUT2D eigenvalue weighted by Crippen LogP contribution is 2.22. The highest BCUT2D eigenvalue weighted by Gasteiger charge is 2.06. The molecule has 0 amide bonds. The Morgan fingerprint density at radius 3 is 2.59 bits per heavy atom. The SMILES string of the molecule is Cc1cccc2scnc12.O=[N+]([O-])c1ccc2scnc2c1. The lowest BCUT2D eigenvalue weighted by molar-refractivity contribution is -0.384. The van der Waals surface area contributed by atoms with E-state index in [9.17, 15) is 10.1 Å². The van der Waals surface area contributed by atoms with Crippen molar-refractivity contribution in [3.63, 3.8) is 0 Å². The van der Waals surface area contributed by atoms with Crippen molar-refractivity contribution in [1.29, 1.82) is 0 Å². The quantitative estimate of drug-likeness (QED) is 0.371. The third-order valence-electron chi connectivity index (χ3n) is 3.09. The molecule has 0 unspecified atom stereocenters. The molecule has 0 aliphatic carbocycles. The van der Waals surface area contributed by atoms with Crippen LogP contribution in [0.4, 0.5) is 5.69 Å². The molecule has 4 aromatic rings. The van der Waals surface area contributed by atoms with E-state index in [0.29, 0.717) is 5.52 Å². The van der Waals surface area contributed by atoms with E-state index in [1.165, 1.54) is 33.7 Å². The topological polar surface area (TPSA) is 68.9 Å². The second-order valence-corrected chi connectivity index (χ2v) is 6.31. The number of para-hydroxylation sites is 1. The lowest BCUT2D eigenvalue weighted by Gasteiger charge is -1.90. The van der Waals surface area contributed by atoms with Gasteiger partial charge in [0.2, 0.25) is 0 Å². The van der Waals surface area contributed by atoms with Crippen LogP contribution in [0, 0.1) is 17.0 Å². The number of hydrogen-bond acceptors (Lipinski definition) is 6. The number of non-ortho nitro benzene ring substituents is 1. The number of nitro groups is 1. The summed E-state index contributed by atoms with van der Waals surface area (Å²) in [6, 6.07) is 10.9. The average Bonchev–Trinajstić information content (AvgIpc) is 3.16. The van der Waals surface area contributed by atoms with Crippen LogP contribution in [0.5, 0.6) is 0 Å². The smallest absolute Gasteiger partial charge is 0.258 e. The van der Waals surface area contributed by atoms with Gasteiger partial charge in [0.05, 0.1) is 36.4 Å². The number of nitro benzene ring substituents is 1. The molecule has 0 spiro atoms. The van der Waals surface area contributed by atoms with Crippen molar-refractivity contribution in [1.82, 2.24) is 9.97 Å². The van der Waals surface area contributed by atoms with E-state index in [4.69, 9.17) is 0 Å². The van der Waals surface area contributed by atoms with Crippen molar-refractivity contribution in [2.45, 2.75) is 6.92 Å². The van der Waals surface area contributed by atoms with Gasteiger partial charge in [-0.15, -0.1) is 22.7 Å². The fraction of sp³-hybridized carbons (Fsp3) is 0.0667. The summed E-state index contributed by atoms with van der Waals surface area (Å²) in [6.45, 7) is 2.09. The van der Waals surface area contributed by atoms with Gasteiger partial charge in [-0.2, -0.15) is 0 Å². The first kappa shape index (κ1) is 14.6. The van der Waals surface area contributed by atoms with E-state index >= 15 is 0 Å². The van der Waals surface area contributed by atoms with Crippen molar-refractivity contribution in [2.24, 2.45) is 0 Å². The molecule has 0 atom stereocenters. The average molecular weight is 329 g/mol. The van der Waals surface area contributed by atoms with Crippen LogP contribution in [0.1, 0.15) is 5.56 Å². The molecule has 2 aromatic carbocycles. The maximum absolute atomic E-state index is 10.3. The lowest BCUT2D eigenvalue weighted by atomic mass is 10.2. The summed E-state index contributed by atoms with van der Waals surface area (Å²) < 4.78 is 2.25. The zero-order chi connectivity index (χ0) is 15.5. The summed E-state index contributed by atoms with van der Waals surface area (Å²) in [7, 11) is 0. The Morgan fingerprint density at radius 1 is 1.05 bits per heavy atom. The van der Waals surface area contributed by atoms with Crippen LogP contribution in [0.25, 0.3) is 20.4 Å². The van der Waals surface area contributed by atoms with Gasteiger partial charge in [0.25, 0.3) is 5.69 Å². The van der Waals surface area contributed by atoms with Crippen LogP contribution < -0.4 is 0 Å². The lowest BCUT2D eigenvalue weighted by Crippen LogP contribution is -1.86. The maximum atomic E-state index is 10.3. The Morgan fingerprint density at radius 2 is 1.82 bits per heavy atom. The van der Waals surface area contributed by atoms with Crippen LogP contribution in [0.2, 0.25) is 0 Å². The number of aryl methyl sites for hydroxylation is 1. The third-order valence-corrected chi connectivity index (χ3v) is 4.69. The van der Waals surface area contributed by atoms with Crippen LogP contribution in [0.15, 0.2) is 47.4 Å². The van der Waals surface area contributed by atoms with Gasteiger partial charge in [-0.25, -0.2) is 9.97 Å². The Labute approximate surface area is 134 Å². The van der Waals surface area contributed by atoms with Crippen LogP contribution >= 0.6 is 22.7 Å². The monoisotopic (exact) mass is 329 g/mol. The summed E-state index contributed by atoms with van der Waals surface area (Å²) in [6.07, 6.45) is 0. The molecule has 0 saturated carbocycles. The Bertz CT molecular complexity index is 946. The van der Waals surface area contributed by atoms with Crippen molar-refractivity contribution in [3.05, 3.63) is 63.1 Å². The number of aromatic nitrogens is 2. The standard InChI is InChI=1S/C8H7NS.C7H4N2O2S/c1-6-3-2-4-7-8(6)9-5-10-7;10-9(11)5-1-2-7-6(3-5)8-4-12-7/h2-5H,1H3;1-4H. The van der Waals surface area contributed by atoms with Crippen molar-refractivity contribution >= 4 is 48.8 Å². The highest BCUT2D eigenvalue weighted by atomic mass is 32.1. The number of benzene rings is 2. The summed E-state index contributed by atoms with van der Waals surface area (Å²) in [5, 5.41) is 10.3. The first-order valence-corrected chi connectivity index (χ1v) is 8.17. The van der Waals surface area contributed by atoms with Crippen LogP contribution in [0.3, 0.4) is 0 Å². The molecule has 4 rings (SSSR count). The van der Waals surface area contributed by atoms with E-state index in [1.807, 2.05) is 5.51 Å². The molecule has 2 aromatic heterocycles. The van der Waals surface area contributed by atoms with Crippen molar-refractivity contribution < 1.29 is 4.92 Å². The molecule has 0 N–H and O–H groups in total. The number of rotatable bonds is 1. The molecule has 0 saturated heterocycles. The predicted octanol–water partition coefficient (Wildman–Crippen LogP) is 4.81. The fourth-order valence-corrected chi connectivity index (χ4v) is 3.40. The van der Waals surface area contributed by atoms with Gasteiger partial charge in [-0.1, -0.05) is 12.1 Å². The molecule has 2 heterocycles. The minimum atomic E-state index is -0.418. The highest BCUT2D eigenvalue weighted by molar-refractivity contribution is 7.17. The second kappa shape index (κ2) is 6.17. The Hall–Kier alpha value is -2.38. The molecular formula is C15H11N3O2S2. The molecule has 5 nitrogen and oxygen atoms in total. The number of hydrogen-bond donors (Lipinski definition) is 0. The first-order valence-electron chi connectivity index (χ1n) is 6.41. The van der Waals surface area contributed by atoms with Crippen molar-refractivity contribution in [3.8, 4) is 0 Å². The third kappa shape index (κ3) is 2.95. The summed E-state index contributed by atoms with van der Waals surface area (Å²) >= 11 is 3.16. The fourth-order valence-electron chi connectivity index (χ4n) is 1.99. The van der Waals surface area contributed by atoms with Crippen LogP contribution in [-0.2, 0) is 0 Å². The normalized spacial score (nSPS) is 10.4. The zero-order valence-electron chi connectivity index (χ0n) is 11.6. The zero-order valence-corrected chi connectivity index (χ0v) is 13.2. The predicted molar refractivity (Wildman–Crippen MR) is 90.6 cm³/mol.